The molecule has 0 radical (unpaired) electrons. The molecule has 0 aliphatic rings. The number of fused-ring (bicyclic) bond motifs is 1. The maximum absolute atomic E-state index is 11.8. The van der Waals surface area contributed by atoms with Crippen molar-refractivity contribution in [1.29, 1.82) is 0 Å². The van der Waals surface area contributed by atoms with Gasteiger partial charge < -0.3 is 9.15 Å². The van der Waals surface area contributed by atoms with Crippen LogP contribution in [0.5, 0.6) is 0 Å². The first-order valence-corrected chi connectivity index (χ1v) is 6.28. The fourth-order valence-electron chi connectivity index (χ4n) is 1.65. The maximum atomic E-state index is 11.8. The van der Waals surface area contributed by atoms with E-state index in [0.29, 0.717) is 18.0 Å². The molecular formula is C13H13BrO3. The van der Waals surface area contributed by atoms with Crippen LogP contribution in [0.2, 0.25) is 0 Å². The first-order valence-electron chi connectivity index (χ1n) is 5.49. The maximum Gasteiger partial charge on any atom is 0.374 e. The topological polar surface area (TPSA) is 39.4 Å². The van der Waals surface area contributed by atoms with Crippen LogP contribution in [-0.4, -0.2) is 12.6 Å². The Morgan fingerprint density at radius 1 is 1.47 bits per heavy atom. The second kappa shape index (κ2) is 4.92. The molecule has 2 aromatic rings. The van der Waals surface area contributed by atoms with Gasteiger partial charge in [0.15, 0.2) is 0 Å². The average Bonchev–Trinajstić information content (AvgIpc) is 2.64. The zero-order valence-corrected chi connectivity index (χ0v) is 11.3. The van der Waals surface area contributed by atoms with Gasteiger partial charge in [0.1, 0.15) is 5.58 Å². The molecule has 17 heavy (non-hydrogen) atoms. The Morgan fingerprint density at radius 3 is 2.94 bits per heavy atom. The largest absolute Gasteiger partial charge is 0.460 e. The Morgan fingerprint density at radius 2 is 2.24 bits per heavy atom. The first kappa shape index (κ1) is 12.2. The van der Waals surface area contributed by atoms with E-state index in [4.69, 9.17) is 9.15 Å². The van der Waals surface area contributed by atoms with E-state index in [0.717, 1.165) is 21.8 Å². The molecule has 0 saturated carbocycles. The van der Waals surface area contributed by atoms with Crippen molar-refractivity contribution in [3.05, 3.63) is 34.0 Å². The third-order valence-corrected chi connectivity index (χ3v) is 3.01. The van der Waals surface area contributed by atoms with E-state index in [2.05, 4.69) is 15.9 Å². The highest BCUT2D eigenvalue weighted by Crippen LogP contribution is 2.28. The van der Waals surface area contributed by atoms with Crippen LogP contribution in [0.3, 0.4) is 0 Å². The Labute approximate surface area is 108 Å². The molecule has 0 fully saturated rings. The lowest BCUT2D eigenvalue weighted by Gasteiger charge is -2.00. The van der Waals surface area contributed by atoms with Crippen molar-refractivity contribution >= 4 is 32.9 Å². The summed E-state index contributed by atoms with van der Waals surface area (Å²) in [5.41, 5.74) is 1.52. The quantitative estimate of drug-likeness (QED) is 0.802. The normalized spacial score (nSPS) is 10.8. The van der Waals surface area contributed by atoms with E-state index in [1.54, 1.807) is 0 Å². The Kier molecular flexibility index (Phi) is 3.52. The van der Waals surface area contributed by atoms with Gasteiger partial charge in [-0.2, -0.15) is 0 Å². The monoisotopic (exact) mass is 296 g/mol. The van der Waals surface area contributed by atoms with Gasteiger partial charge in [0.2, 0.25) is 5.76 Å². The van der Waals surface area contributed by atoms with E-state index < -0.39 is 5.97 Å². The minimum Gasteiger partial charge on any atom is -0.460 e. The number of hydrogen-bond acceptors (Lipinski definition) is 3. The van der Waals surface area contributed by atoms with E-state index in [1.807, 2.05) is 32.0 Å². The van der Waals surface area contributed by atoms with Gasteiger partial charge in [-0.3, -0.25) is 0 Å². The van der Waals surface area contributed by atoms with Crippen LogP contribution in [0.15, 0.2) is 27.1 Å². The zero-order chi connectivity index (χ0) is 12.4. The predicted octanol–water partition coefficient (Wildman–Crippen LogP) is 4.07. The van der Waals surface area contributed by atoms with Crippen LogP contribution >= 0.6 is 15.9 Å². The number of esters is 1. The summed E-state index contributed by atoms with van der Waals surface area (Å²) in [7, 11) is 0. The molecule has 0 saturated heterocycles. The number of furan rings is 1. The first-order chi connectivity index (χ1) is 8.13. The summed E-state index contributed by atoms with van der Waals surface area (Å²) < 4.78 is 11.6. The lowest BCUT2D eigenvalue weighted by atomic mass is 10.1. The van der Waals surface area contributed by atoms with Gasteiger partial charge >= 0.3 is 5.97 Å². The van der Waals surface area contributed by atoms with Gasteiger partial charge in [-0.1, -0.05) is 22.9 Å². The summed E-state index contributed by atoms with van der Waals surface area (Å²) in [6.07, 6.45) is 0.802. The second-order valence-electron chi connectivity index (χ2n) is 3.83. The Hall–Kier alpha value is -1.29. The van der Waals surface area contributed by atoms with Gasteiger partial charge in [0.25, 0.3) is 0 Å². The van der Waals surface area contributed by atoms with Gasteiger partial charge in [0, 0.05) is 15.4 Å². The predicted molar refractivity (Wildman–Crippen MR) is 69.2 cm³/mol. The van der Waals surface area contributed by atoms with Crippen LogP contribution in [-0.2, 0) is 4.74 Å². The number of rotatable bonds is 3. The summed E-state index contributed by atoms with van der Waals surface area (Å²) in [4.78, 5) is 11.8. The molecule has 4 heteroatoms. The summed E-state index contributed by atoms with van der Waals surface area (Å²) in [5, 5.41) is 0.933. The van der Waals surface area contributed by atoms with Gasteiger partial charge in [-0.25, -0.2) is 4.79 Å². The van der Waals surface area contributed by atoms with Crippen LogP contribution in [0.4, 0.5) is 0 Å². The number of benzene rings is 1. The SMILES string of the molecule is CCCOC(=O)c1oc2ccc(Br)cc2c1C. The summed E-state index contributed by atoms with van der Waals surface area (Å²) in [6.45, 7) is 4.23. The molecule has 0 atom stereocenters. The molecular weight excluding hydrogens is 284 g/mol. The van der Waals surface area contributed by atoms with Crippen molar-refractivity contribution in [1.82, 2.24) is 0 Å². The highest BCUT2D eigenvalue weighted by Gasteiger charge is 2.18. The molecule has 2 rings (SSSR count). The van der Waals surface area contributed by atoms with E-state index in [9.17, 15) is 4.79 Å². The van der Waals surface area contributed by atoms with Crippen LogP contribution in [0.1, 0.15) is 29.5 Å². The van der Waals surface area contributed by atoms with Crippen molar-refractivity contribution in [2.24, 2.45) is 0 Å². The Bertz CT molecular complexity index is 557. The number of carbonyl (C=O) groups is 1. The highest BCUT2D eigenvalue weighted by atomic mass is 79.9. The summed E-state index contributed by atoms with van der Waals surface area (Å²) in [6, 6.07) is 5.65. The molecule has 1 aromatic carbocycles. The number of ether oxygens (including phenoxy) is 1. The average molecular weight is 297 g/mol. The molecule has 3 nitrogen and oxygen atoms in total. The van der Waals surface area contributed by atoms with Gasteiger partial charge in [0.05, 0.1) is 6.61 Å². The number of hydrogen-bond donors (Lipinski definition) is 0. The third kappa shape index (κ3) is 2.36. The van der Waals surface area contributed by atoms with Crippen LogP contribution in [0.25, 0.3) is 11.0 Å². The summed E-state index contributed by atoms with van der Waals surface area (Å²) >= 11 is 3.40. The van der Waals surface area contributed by atoms with Gasteiger partial charge in [-0.05, 0) is 31.5 Å². The molecule has 0 N–H and O–H groups in total. The lowest BCUT2D eigenvalue weighted by Crippen LogP contribution is -2.05. The molecule has 0 bridgehead atoms. The standard InChI is InChI=1S/C13H13BrO3/c1-3-6-16-13(15)12-8(2)10-7-9(14)4-5-11(10)17-12/h4-5,7H,3,6H2,1-2H3. The van der Waals surface area contributed by atoms with E-state index in [-0.39, 0.29) is 0 Å². The van der Waals surface area contributed by atoms with Crippen LogP contribution in [0, 0.1) is 6.92 Å². The number of halogens is 1. The molecule has 1 aromatic heterocycles. The fraction of sp³-hybridized carbons (Fsp3) is 0.308. The van der Waals surface area contributed by atoms with Crippen molar-refractivity contribution in [3.8, 4) is 0 Å². The molecule has 90 valence electrons. The van der Waals surface area contributed by atoms with Crippen molar-refractivity contribution in [3.63, 3.8) is 0 Å². The van der Waals surface area contributed by atoms with Gasteiger partial charge in [-0.15, -0.1) is 0 Å². The third-order valence-electron chi connectivity index (χ3n) is 2.52. The summed E-state index contributed by atoms with van der Waals surface area (Å²) in [5.74, 6) is -0.0942. The van der Waals surface area contributed by atoms with Crippen LogP contribution < -0.4 is 0 Å². The molecule has 0 aliphatic heterocycles. The fourth-order valence-corrected chi connectivity index (χ4v) is 2.01. The number of carbonyl (C=O) groups excluding carboxylic acids is 1. The smallest absolute Gasteiger partial charge is 0.374 e. The number of aryl methyl sites for hydroxylation is 1. The van der Waals surface area contributed by atoms with E-state index >= 15 is 0 Å². The lowest BCUT2D eigenvalue weighted by molar-refractivity contribution is 0.0470. The minimum absolute atomic E-state index is 0.298. The Balaban J connectivity index is 2.42. The molecule has 0 aliphatic carbocycles. The van der Waals surface area contributed by atoms with Crippen molar-refractivity contribution < 1.29 is 13.9 Å². The van der Waals surface area contributed by atoms with Crippen molar-refractivity contribution in [2.75, 3.05) is 6.61 Å². The minimum atomic E-state index is -0.392. The molecule has 0 spiro atoms. The molecule has 0 unspecified atom stereocenters. The molecule has 1 heterocycles. The van der Waals surface area contributed by atoms with Crippen molar-refractivity contribution in [2.45, 2.75) is 20.3 Å². The zero-order valence-electron chi connectivity index (χ0n) is 9.75. The highest BCUT2D eigenvalue weighted by molar-refractivity contribution is 9.10. The second-order valence-corrected chi connectivity index (χ2v) is 4.75. The molecule has 0 amide bonds. The van der Waals surface area contributed by atoms with E-state index in [1.165, 1.54) is 0 Å².